The summed E-state index contributed by atoms with van der Waals surface area (Å²) in [5.41, 5.74) is 1.27. The first-order valence-corrected chi connectivity index (χ1v) is 7.31. The van der Waals surface area contributed by atoms with E-state index in [0.29, 0.717) is 16.8 Å². The molecule has 0 saturated carbocycles. The molecule has 0 aliphatic carbocycles. The number of rotatable bonds is 3. The van der Waals surface area contributed by atoms with Gasteiger partial charge >= 0.3 is 0 Å². The molecule has 108 valence electrons. The van der Waals surface area contributed by atoms with Crippen LogP contribution in [-0.2, 0) is 11.3 Å². The smallest absolute Gasteiger partial charge is 0.178 e. The van der Waals surface area contributed by atoms with Crippen LogP contribution in [0.2, 0.25) is 0 Å². The summed E-state index contributed by atoms with van der Waals surface area (Å²) >= 11 is 5.31. The molecule has 4 nitrogen and oxygen atoms in total. The highest BCUT2D eigenvalue weighted by Gasteiger charge is 2.21. The molecule has 2 heterocycles. The predicted molar refractivity (Wildman–Crippen MR) is 78.9 cm³/mol. The van der Waals surface area contributed by atoms with E-state index >= 15 is 0 Å². The van der Waals surface area contributed by atoms with Crippen LogP contribution in [0.3, 0.4) is 0 Å². The summed E-state index contributed by atoms with van der Waals surface area (Å²) in [5.74, 6) is -0.271. The molecule has 6 heteroatoms. The van der Waals surface area contributed by atoms with Gasteiger partial charge in [0.15, 0.2) is 4.77 Å². The quantitative estimate of drug-likeness (QED) is 0.884. The van der Waals surface area contributed by atoms with Crippen LogP contribution in [-0.4, -0.2) is 46.8 Å². The van der Waals surface area contributed by atoms with E-state index in [2.05, 4.69) is 16.8 Å². The summed E-state index contributed by atoms with van der Waals surface area (Å²) in [7, 11) is 0. The van der Waals surface area contributed by atoms with E-state index in [0.717, 1.165) is 31.8 Å². The van der Waals surface area contributed by atoms with Gasteiger partial charge in [0.2, 0.25) is 0 Å². The van der Waals surface area contributed by atoms with Crippen molar-refractivity contribution in [3.8, 4) is 0 Å². The second-order valence-corrected chi connectivity index (χ2v) is 5.45. The number of aromatic amines is 1. The SMILES string of the molecule is CCN1CCOC(Cn2c(=S)[nH]c3c(F)cccc32)C1. The molecule has 1 unspecified atom stereocenters. The van der Waals surface area contributed by atoms with Crippen molar-refractivity contribution in [3.63, 3.8) is 0 Å². The lowest BCUT2D eigenvalue weighted by molar-refractivity contribution is -0.0339. The Hall–Kier alpha value is -1.24. The average molecular weight is 295 g/mol. The van der Waals surface area contributed by atoms with Crippen LogP contribution in [0.4, 0.5) is 4.39 Å². The van der Waals surface area contributed by atoms with Gasteiger partial charge in [-0.15, -0.1) is 0 Å². The molecule has 0 amide bonds. The average Bonchev–Trinajstić information content (AvgIpc) is 2.78. The Balaban J connectivity index is 1.89. The van der Waals surface area contributed by atoms with Gasteiger partial charge in [-0.1, -0.05) is 13.0 Å². The van der Waals surface area contributed by atoms with Crippen LogP contribution in [0.25, 0.3) is 11.0 Å². The predicted octanol–water partition coefficient (Wildman–Crippen LogP) is 2.56. The Bertz CT molecular complexity index is 666. The summed E-state index contributed by atoms with van der Waals surface area (Å²) in [6.45, 7) is 6.42. The van der Waals surface area contributed by atoms with Crippen molar-refractivity contribution in [2.75, 3.05) is 26.2 Å². The number of H-pyrrole nitrogens is 1. The van der Waals surface area contributed by atoms with Gasteiger partial charge < -0.3 is 14.3 Å². The molecule has 2 aromatic rings. The molecule has 0 radical (unpaired) electrons. The van der Waals surface area contributed by atoms with Crippen molar-refractivity contribution in [1.82, 2.24) is 14.5 Å². The van der Waals surface area contributed by atoms with E-state index in [9.17, 15) is 4.39 Å². The molecule has 1 saturated heterocycles. The minimum absolute atomic E-state index is 0.0951. The topological polar surface area (TPSA) is 33.2 Å². The third kappa shape index (κ3) is 2.51. The Morgan fingerprint density at radius 2 is 2.35 bits per heavy atom. The summed E-state index contributed by atoms with van der Waals surface area (Å²) in [6, 6.07) is 5.02. The zero-order valence-corrected chi connectivity index (χ0v) is 12.3. The number of likely N-dealkylation sites (N-methyl/N-ethyl adjacent to an activating group) is 1. The van der Waals surface area contributed by atoms with Gasteiger partial charge in [-0.2, -0.15) is 0 Å². The number of hydrogen-bond acceptors (Lipinski definition) is 3. The van der Waals surface area contributed by atoms with E-state index in [1.54, 1.807) is 6.07 Å². The molecule has 1 aliphatic heterocycles. The van der Waals surface area contributed by atoms with Crippen molar-refractivity contribution in [2.45, 2.75) is 19.6 Å². The number of para-hydroxylation sites is 1. The van der Waals surface area contributed by atoms with Gasteiger partial charge in [-0.25, -0.2) is 4.39 Å². The molecule has 0 spiro atoms. The van der Waals surface area contributed by atoms with Crippen LogP contribution in [0, 0.1) is 10.6 Å². The number of ether oxygens (including phenoxy) is 1. The van der Waals surface area contributed by atoms with Gasteiger partial charge in [0.25, 0.3) is 0 Å². The number of halogens is 1. The van der Waals surface area contributed by atoms with Crippen molar-refractivity contribution in [2.24, 2.45) is 0 Å². The number of nitrogens with one attached hydrogen (secondary N) is 1. The fourth-order valence-electron chi connectivity index (χ4n) is 2.71. The molecule has 0 bridgehead atoms. The Morgan fingerprint density at radius 1 is 1.50 bits per heavy atom. The highest BCUT2D eigenvalue weighted by molar-refractivity contribution is 7.71. The third-order valence-corrected chi connectivity index (χ3v) is 4.14. The van der Waals surface area contributed by atoms with E-state index < -0.39 is 0 Å². The first-order valence-electron chi connectivity index (χ1n) is 6.90. The first-order chi connectivity index (χ1) is 9.69. The number of fused-ring (bicyclic) bond motifs is 1. The Labute approximate surface area is 122 Å². The fraction of sp³-hybridized carbons (Fsp3) is 0.500. The van der Waals surface area contributed by atoms with Crippen LogP contribution in [0.1, 0.15) is 6.92 Å². The summed E-state index contributed by atoms with van der Waals surface area (Å²) in [4.78, 5) is 5.30. The zero-order valence-electron chi connectivity index (χ0n) is 11.4. The number of nitrogens with zero attached hydrogens (tertiary/aromatic N) is 2. The minimum Gasteiger partial charge on any atom is -0.374 e. The second-order valence-electron chi connectivity index (χ2n) is 5.06. The molecule has 20 heavy (non-hydrogen) atoms. The lowest BCUT2D eigenvalue weighted by atomic mass is 10.2. The van der Waals surface area contributed by atoms with Crippen LogP contribution in [0.15, 0.2) is 18.2 Å². The molecule has 1 N–H and O–H groups in total. The van der Waals surface area contributed by atoms with Crippen molar-refractivity contribution in [1.29, 1.82) is 0 Å². The molecular formula is C14H18FN3OS. The second kappa shape index (κ2) is 5.63. The third-order valence-electron chi connectivity index (χ3n) is 3.82. The zero-order chi connectivity index (χ0) is 14.1. The summed E-state index contributed by atoms with van der Waals surface area (Å²) in [5, 5.41) is 0. The van der Waals surface area contributed by atoms with Gasteiger partial charge in [0.05, 0.1) is 24.8 Å². The van der Waals surface area contributed by atoms with Crippen molar-refractivity contribution in [3.05, 3.63) is 28.8 Å². The van der Waals surface area contributed by atoms with Gasteiger partial charge in [-0.05, 0) is 30.9 Å². The number of benzene rings is 1. The highest BCUT2D eigenvalue weighted by atomic mass is 32.1. The Kier molecular flexibility index (Phi) is 3.87. The van der Waals surface area contributed by atoms with E-state index in [4.69, 9.17) is 17.0 Å². The molecule has 1 aromatic carbocycles. The molecule has 1 atom stereocenters. The maximum absolute atomic E-state index is 13.7. The monoisotopic (exact) mass is 295 g/mol. The first kappa shape index (κ1) is 13.7. The van der Waals surface area contributed by atoms with Crippen LogP contribution < -0.4 is 0 Å². The minimum atomic E-state index is -0.271. The Morgan fingerprint density at radius 3 is 3.15 bits per heavy atom. The van der Waals surface area contributed by atoms with Gasteiger partial charge in [-0.3, -0.25) is 4.90 Å². The standard InChI is InChI=1S/C14H18FN3OS/c1-2-17-6-7-19-10(8-17)9-18-12-5-3-4-11(15)13(12)16-14(18)20/h3-5,10H,2,6-9H2,1H3,(H,16,20). The number of hydrogen-bond donors (Lipinski definition) is 1. The fourth-order valence-corrected chi connectivity index (χ4v) is 2.98. The molecular weight excluding hydrogens is 277 g/mol. The highest BCUT2D eigenvalue weighted by Crippen LogP contribution is 2.19. The van der Waals surface area contributed by atoms with Crippen molar-refractivity contribution < 1.29 is 9.13 Å². The maximum Gasteiger partial charge on any atom is 0.178 e. The van der Waals surface area contributed by atoms with E-state index in [1.165, 1.54) is 6.07 Å². The number of aromatic nitrogens is 2. The summed E-state index contributed by atoms with van der Waals surface area (Å²) < 4.78 is 22.0. The summed E-state index contributed by atoms with van der Waals surface area (Å²) in [6.07, 6.45) is 0.0951. The number of imidazole rings is 1. The van der Waals surface area contributed by atoms with E-state index in [-0.39, 0.29) is 11.9 Å². The van der Waals surface area contributed by atoms with E-state index in [1.807, 2.05) is 10.6 Å². The lowest BCUT2D eigenvalue weighted by Gasteiger charge is -2.32. The lowest BCUT2D eigenvalue weighted by Crippen LogP contribution is -2.43. The molecule has 1 aliphatic rings. The normalized spacial score (nSPS) is 20.6. The largest absolute Gasteiger partial charge is 0.374 e. The number of morpholine rings is 1. The molecule has 1 fully saturated rings. The van der Waals surface area contributed by atoms with Crippen molar-refractivity contribution >= 4 is 23.3 Å². The van der Waals surface area contributed by atoms with Gasteiger partial charge in [0, 0.05) is 13.1 Å². The van der Waals surface area contributed by atoms with Crippen LogP contribution >= 0.6 is 12.2 Å². The molecule has 3 rings (SSSR count). The van der Waals surface area contributed by atoms with Gasteiger partial charge in [0.1, 0.15) is 11.3 Å². The molecule has 1 aromatic heterocycles. The maximum atomic E-state index is 13.7. The van der Waals surface area contributed by atoms with Crippen LogP contribution in [0.5, 0.6) is 0 Å².